The van der Waals surface area contributed by atoms with Gasteiger partial charge in [-0.2, -0.15) is 0 Å². The zero-order chi connectivity index (χ0) is 19.3. The van der Waals surface area contributed by atoms with E-state index in [1.807, 2.05) is 79.7 Å². The first-order chi connectivity index (χ1) is 13.7. The zero-order valence-electron chi connectivity index (χ0n) is 15.5. The number of rotatable bonds is 6. The second kappa shape index (κ2) is 8.23. The summed E-state index contributed by atoms with van der Waals surface area (Å²) in [5.74, 6) is 0.538. The van der Waals surface area contributed by atoms with E-state index in [1.165, 1.54) is 0 Å². The Kier molecular flexibility index (Phi) is 5.35. The minimum absolute atomic E-state index is 0.0122. The molecule has 4 aromatic rings. The van der Waals surface area contributed by atoms with Gasteiger partial charge in [0.2, 0.25) is 0 Å². The van der Waals surface area contributed by atoms with Crippen molar-refractivity contribution in [1.29, 1.82) is 0 Å². The molecule has 4 rings (SSSR count). The second-order valence-corrected chi connectivity index (χ2v) is 7.55. The van der Waals surface area contributed by atoms with Crippen LogP contribution in [0, 0.1) is 6.92 Å². The predicted molar refractivity (Wildman–Crippen MR) is 114 cm³/mol. The number of ether oxygens (including phenoxy) is 1. The molecule has 0 atom stereocenters. The van der Waals surface area contributed by atoms with Gasteiger partial charge in [0.15, 0.2) is 6.61 Å². The van der Waals surface area contributed by atoms with Gasteiger partial charge in [0.25, 0.3) is 5.91 Å². The van der Waals surface area contributed by atoms with E-state index in [0.717, 1.165) is 31.9 Å². The maximum Gasteiger partial charge on any atom is 0.258 e. The molecule has 1 amide bonds. The Labute approximate surface area is 167 Å². The summed E-state index contributed by atoms with van der Waals surface area (Å²) in [5, 5.41) is 6.13. The Morgan fingerprint density at radius 2 is 1.75 bits per heavy atom. The molecule has 5 heteroatoms. The van der Waals surface area contributed by atoms with Crippen LogP contribution in [0.4, 0.5) is 0 Å². The second-order valence-electron chi connectivity index (χ2n) is 6.47. The number of thiazole rings is 1. The van der Waals surface area contributed by atoms with Gasteiger partial charge in [-0.1, -0.05) is 60.7 Å². The normalized spacial score (nSPS) is 10.8. The van der Waals surface area contributed by atoms with Crippen LogP contribution in [-0.2, 0) is 11.3 Å². The Bertz CT molecular complexity index is 1110. The highest BCUT2D eigenvalue weighted by molar-refractivity contribution is 7.15. The van der Waals surface area contributed by atoms with E-state index in [-0.39, 0.29) is 12.5 Å². The van der Waals surface area contributed by atoms with Gasteiger partial charge in [0.05, 0.1) is 12.2 Å². The molecule has 0 aliphatic rings. The summed E-state index contributed by atoms with van der Waals surface area (Å²) < 4.78 is 5.64. The number of hydrogen-bond donors (Lipinski definition) is 1. The highest BCUT2D eigenvalue weighted by Gasteiger charge is 2.11. The summed E-state index contributed by atoms with van der Waals surface area (Å²) in [6, 6.07) is 23.9. The molecule has 0 saturated heterocycles. The topological polar surface area (TPSA) is 51.2 Å². The molecule has 3 aromatic carbocycles. The summed E-state index contributed by atoms with van der Waals surface area (Å²) in [7, 11) is 0. The van der Waals surface area contributed by atoms with Crippen LogP contribution >= 0.6 is 11.3 Å². The number of nitrogens with one attached hydrogen (secondary N) is 1. The van der Waals surface area contributed by atoms with Gasteiger partial charge in [-0.3, -0.25) is 4.79 Å². The van der Waals surface area contributed by atoms with Crippen molar-refractivity contribution in [3.05, 3.63) is 83.4 Å². The summed E-state index contributed by atoms with van der Waals surface area (Å²) >= 11 is 1.60. The lowest BCUT2D eigenvalue weighted by Gasteiger charge is -2.08. The summed E-state index contributed by atoms with van der Waals surface area (Å²) in [5.41, 5.74) is 2.03. The monoisotopic (exact) mass is 388 g/mol. The van der Waals surface area contributed by atoms with E-state index >= 15 is 0 Å². The van der Waals surface area contributed by atoms with Gasteiger partial charge in [-0.05, 0) is 29.8 Å². The molecule has 1 heterocycles. The predicted octanol–water partition coefficient (Wildman–Crippen LogP) is 4.97. The number of aromatic nitrogens is 1. The third-order valence-electron chi connectivity index (χ3n) is 4.45. The van der Waals surface area contributed by atoms with Crippen LogP contribution in [0.2, 0.25) is 0 Å². The van der Waals surface area contributed by atoms with E-state index in [1.54, 1.807) is 11.3 Å². The van der Waals surface area contributed by atoms with E-state index in [4.69, 9.17) is 4.74 Å². The van der Waals surface area contributed by atoms with Crippen molar-refractivity contribution in [2.24, 2.45) is 0 Å². The van der Waals surface area contributed by atoms with Crippen molar-refractivity contribution in [1.82, 2.24) is 10.3 Å². The van der Waals surface area contributed by atoms with Crippen LogP contribution in [0.3, 0.4) is 0 Å². The van der Waals surface area contributed by atoms with Crippen LogP contribution in [0.1, 0.15) is 10.6 Å². The van der Waals surface area contributed by atoms with Crippen LogP contribution in [-0.4, -0.2) is 17.5 Å². The molecule has 140 valence electrons. The first-order valence-electron chi connectivity index (χ1n) is 9.09. The number of aryl methyl sites for hydroxylation is 1. The molecular formula is C23H20N2O2S. The molecule has 0 bridgehead atoms. The Morgan fingerprint density at radius 1 is 1.00 bits per heavy atom. The average Bonchev–Trinajstić information content (AvgIpc) is 3.12. The van der Waals surface area contributed by atoms with Crippen molar-refractivity contribution >= 4 is 28.0 Å². The first kappa shape index (κ1) is 18.2. The van der Waals surface area contributed by atoms with E-state index in [0.29, 0.717) is 12.3 Å². The molecule has 0 radical (unpaired) electrons. The summed E-state index contributed by atoms with van der Waals surface area (Å²) in [6.45, 7) is 2.41. The standard InChI is InChI=1S/C23H20N2O2S/c1-16-21(28-23(25-16)18-8-3-2-4-9-18)14-24-22(26)15-27-20-12-11-17-7-5-6-10-19(17)13-20/h2-13H,14-15H2,1H3,(H,24,26). The minimum atomic E-state index is -0.151. The zero-order valence-corrected chi connectivity index (χ0v) is 16.3. The number of benzene rings is 3. The quantitative estimate of drug-likeness (QED) is 0.507. The van der Waals surface area contributed by atoms with Crippen molar-refractivity contribution in [3.8, 4) is 16.3 Å². The molecule has 1 aromatic heterocycles. The first-order valence-corrected chi connectivity index (χ1v) is 9.91. The van der Waals surface area contributed by atoms with Gasteiger partial charge in [-0.15, -0.1) is 11.3 Å². The molecule has 0 aliphatic carbocycles. The third kappa shape index (κ3) is 4.21. The lowest BCUT2D eigenvalue weighted by atomic mass is 10.1. The van der Waals surface area contributed by atoms with Crippen LogP contribution in [0.5, 0.6) is 5.75 Å². The molecule has 0 saturated carbocycles. The molecule has 0 spiro atoms. The Morgan fingerprint density at radius 3 is 2.57 bits per heavy atom. The van der Waals surface area contributed by atoms with Crippen molar-refractivity contribution in [2.75, 3.05) is 6.61 Å². The number of fused-ring (bicyclic) bond motifs is 1. The maximum atomic E-state index is 12.2. The number of hydrogen-bond acceptors (Lipinski definition) is 4. The average molecular weight is 388 g/mol. The van der Waals surface area contributed by atoms with Gasteiger partial charge >= 0.3 is 0 Å². The van der Waals surface area contributed by atoms with Crippen molar-refractivity contribution < 1.29 is 9.53 Å². The Hall–Kier alpha value is -3.18. The number of carbonyl (C=O) groups excluding carboxylic acids is 1. The van der Waals surface area contributed by atoms with Gasteiger partial charge in [0, 0.05) is 10.4 Å². The molecule has 1 N–H and O–H groups in total. The minimum Gasteiger partial charge on any atom is -0.484 e. The summed E-state index contributed by atoms with van der Waals surface area (Å²) in [6.07, 6.45) is 0. The maximum absolute atomic E-state index is 12.2. The molecule has 4 nitrogen and oxygen atoms in total. The van der Waals surface area contributed by atoms with Gasteiger partial charge in [-0.25, -0.2) is 4.98 Å². The fourth-order valence-corrected chi connectivity index (χ4v) is 3.94. The van der Waals surface area contributed by atoms with Crippen molar-refractivity contribution in [2.45, 2.75) is 13.5 Å². The van der Waals surface area contributed by atoms with E-state index < -0.39 is 0 Å². The van der Waals surface area contributed by atoms with Gasteiger partial charge < -0.3 is 10.1 Å². The fourth-order valence-electron chi connectivity index (χ4n) is 2.93. The number of nitrogens with zero attached hydrogens (tertiary/aromatic N) is 1. The Balaban J connectivity index is 1.33. The molecule has 28 heavy (non-hydrogen) atoms. The molecule has 0 fully saturated rings. The number of amides is 1. The van der Waals surface area contributed by atoms with Crippen LogP contribution < -0.4 is 10.1 Å². The molecular weight excluding hydrogens is 368 g/mol. The smallest absolute Gasteiger partial charge is 0.258 e. The van der Waals surface area contributed by atoms with Crippen LogP contribution in [0.25, 0.3) is 21.3 Å². The largest absolute Gasteiger partial charge is 0.484 e. The number of carbonyl (C=O) groups is 1. The highest BCUT2D eigenvalue weighted by atomic mass is 32.1. The SMILES string of the molecule is Cc1nc(-c2ccccc2)sc1CNC(=O)COc1ccc2ccccc2c1. The fraction of sp³-hybridized carbons (Fsp3) is 0.130. The lowest BCUT2D eigenvalue weighted by molar-refractivity contribution is -0.123. The van der Waals surface area contributed by atoms with E-state index in [2.05, 4.69) is 10.3 Å². The molecule has 0 aliphatic heterocycles. The van der Waals surface area contributed by atoms with Crippen LogP contribution in [0.15, 0.2) is 72.8 Å². The molecule has 0 unspecified atom stereocenters. The third-order valence-corrected chi connectivity index (χ3v) is 5.66. The summed E-state index contributed by atoms with van der Waals surface area (Å²) in [4.78, 5) is 17.9. The van der Waals surface area contributed by atoms with E-state index in [9.17, 15) is 4.79 Å². The highest BCUT2D eigenvalue weighted by Crippen LogP contribution is 2.27. The lowest BCUT2D eigenvalue weighted by Crippen LogP contribution is -2.28. The van der Waals surface area contributed by atoms with Crippen molar-refractivity contribution in [3.63, 3.8) is 0 Å². The van der Waals surface area contributed by atoms with Gasteiger partial charge in [0.1, 0.15) is 10.8 Å².